The highest BCUT2D eigenvalue weighted by atomic mass is 16.3. The van der Waals surface area contributed by atoms with Gasteiger partial charge in [-0.05, 0) is 44.7 Å². The molecule has 0 aliphatic heterocycles. The molecule has 0 radical (unpaired) electrons. The van der Waals surface area contributed by atoms with Crippen LogP contribution in [0.15, 0.2) is 30.3 Å². The van der Waals surface area contributed by atoms with E-state index in [0.29, 0.717) is 0 Å². The van der Waals surface area contributed by atoms with Crippen LogP contribution in [0.4, 0.5) is 0 Å². The molecule has 0 bridgehead atoms. The molecule has 4 nitrogen and oxygen atoms in total. The number of nitrogens with zero attached hydrogens (tertiary/aromatic N) is 2. The Morgan fingerprint density at radius 1 is 1.22 bits per heavy atom. The van der Waals surface area contributed by atoms with Crippen molar-refractivity contribution in [2.24, 2.45) is 5.41 Å². The molecule has 0 fully saturated rings. The smallest absolute Gasteiger partial charge is 0.0648 e. The zero-order valence-electron chi connectivity index (χ0n) is 14.9. The molecule has 1 unspecified atom stereocenters. The zero-order chi connectivity index (χ0) is 17.0. The molecule has 0 amide bonds. The van der Waals surface area contributed by atoms with Crippen LogP contribution in [0.25, 0.3) is 5.69 Å². The standard InChI is InChI=1S/C19H29N3O/c1-14(20-13-19(4,5)11-12-23)18-15(2)21-22(16(18)3)17-9-7-6-8-10-17/h6-10,14,20,23H,11-13H2,1-5H3. The van der Waals surface area contributed by atoms with Crippen LogP contribution in [-0.2, 0) is 0 Å². The number of aliphatic hydroxyl groups is 1. The van der Waals surface area contributed by atoms with Crippen molar-refractivity contribution in [2.75, 3.05) is 13.2 Å². The van der Waals surface area contributed by atoms with Gasteiger partial charge in [0.25, 0.3) is 0 Å². The Hall–Kier alpha value is -1.65. The lowest BCUT2D eigenvalue weighted by Crippen LogP contribution is -2.32. The maximum absolute atomic E-state index is 9.16. The lowest BCUT2D eigenvalue weighted by Gasteiger charge is -2.26. The minimum absolute atomic E-state index is 0.0836. The van der Waals surface area contributed by atoms with E-state index in [1.165, 1.54) is 11.3 Å². The monoisotopic (exact) mass is 315 g/mol. The van der Waals surface area contributed by atoms with Crippen LogP contribution >= 0.6 is 0 Å². The first-order valence-electron chi connectivity index (χ1n) is 8.31. The van der Waals surface area contributed by atoms with Gasteiger partial charge in [0.2, 0.25) is 0 Å². The first kappa shape index (κ1) is 17.7. The Bertz CT molecular complexity index is 632. The predicted molar refractivity (Wildman–Crippen MR) is 94.9 cm³/mol. The van der Waals surface area contributed by atoms with E-state index in [1.807, 2.05) is 22.9 Å². The molecule has 0 aliphatic carbocycles. The van der Waals surface area contributed by atoms with Crippen molar-refractivity contribution in [2.45, 2.75) is 47.1 Å². The molecule has 0 aliphatic rings. The van der Waals surface area contributed by atoms with Gasteiger partial charge < -0.3 is 10.4 Å². The highest BCUT2D eigenvalue weighted by Gasteiger charge is 2.22. The summed E-state index contributed by atoms with van der Waals surface area (Å²) >= 11 is 0. The van der Waals surface area contributed by atoms with Gasteiger partial charge in [-0.2, -0.15) is 5.10 Å². The lowest BCUT2D eigenvalue weighted by molar-refractivity contribution is 0.203. The number of rotatable bonds is 7. The number of benzene rings is 1. The Labute approximate surface area is 139 Å². The third-order valence-electron chi connectivity index (χ3n) is 4.46. The third-order valence-corrected chi connectivity index (χ3v) is 4.46. The van der Waals surface area contributed by atoms with E-state index in [2.05, 4.69) is 52.1 Å². The molecule has 0 saturated carbocycles. The summed E-state index contributed by atoms with van der Waals surface area (Å²) in [5, 5.41) is 17.5. The SMILES string of the molecule is Cc1nn(-c2ccccc2)c(C)c1C(C)NCC(C)(C)CCO. The van der Waals surface area contributed by atoms with Crippen LogP contribution < -0.4 is 5.32 Å². The minimum atomic E-state index is 0.0836. The van der Waals surface area contributed by atoms with Crippen molar-refractivity contribution >= 4 is 0 Å². The molecule has 2 N–H and O–H groups in total. The van der Waals surface area contributed by atoms with E-state index in [1.54, 1.807) is 0 Å². The lowest BCUT2D eigenvalue weighted by atomic mass is 9.89. The second-order valence-electron chi connectivity index (χ2n) is 7.07. The van der Waals surface area contributed by atoms with Gasteiger partial charge in [-0.3, -0.25) is 0 Å². The van der Waals surface area contributed by atoms with Gasteiger partial charge in [0.1, 0.15) is 0 Å². The first-order valence-corrected chi connectivity index (χ1v) is 8.31. The molecule has 1 aromatic heterocycles. The molecule has 2 aromatic rings. The van der Waals surface area contributed by atoms with Gasteiger partial charge in [0.15, 0.2) is 0 Å². The topological polar surface area (TPSA) is 50.1 Å². The summed E-state index contributed by atoms with van der Waals surface area (Å²) in [7, 11) is 0. The molecule has 0 saturated heterocycles. The normalized spacial score (nSPS) is 13.3. The van der Waals surface area contributed by atoms with Gasteiger partial charge in [-0.1, -0.05) is 32.0 Å². The molecule has 1 aromatic carbocycles. The Morgan fingerprint density at radius 3 is 2.48 bits per heavy atom. The summed E-state index contributed by atoms with van der Waals surface area (Å²) in [5.74, 6) is 0. The summed E-state index contributed by atoms with van der Waals surface area (Å²) in [4.78, 5) is 0. The summed E-state index contributed by atoms with van der Waals surface area (Å²) in [6.45, 7) is 11.8. The van der Waals surface area contributed by atoms with E-state index in [0.717, 1.165) is 24.3 Å². The van der Waals surface area contributed by atoms with Crippen LogP contribution in [0, 0.1) is 19.3 Å². The van der Waals surface area contributed by atoms with Crippen molar-refractivity contribution in [1.29, 1.82) is 0 Å². The summed E-state index contributed by atoms with van der Waals surface area (Å²) in [5.41, 5.74) is 4.67. The highest BCUT2D eigenvalue weighted by molar-refractivity contribution is 5.38. The third kappa shape index (κ3) is 4.21. The van der Waals surface area contributed by atoms with Crippen molar-refractivity contribution in [1.82, 2.24) is 15.1 Å². The molecule has 4 heteroatoms. The molecule has 23 heavy (non-hydrogen) atoms. The number of hydrogen-bond acceptors (Lipinski definition) is 3. The Morgan fingerprint density at radius 2 is 1.87 bits per heavy atom. The number of aliphatic hydroxyl groups excluding tert-OH is 1. The molecular weight excluding hydrogens is 286 g/mol. The van der Waals surface area contributed by atoms with Gasteiger partial charge in [0, 0.05) is 30.5 Å². The van der Waals surface area contributed by atoms with Crippen molar-refractivity contribution in [3.63, 3.8) is 0 Å². The summed E-state index contributed by atoms with van der Waals surface area (Å²) in [6, 6.07) is 10.5. The van der Waals surface area contributed by atoms with Crippen molar-refractivity contribution in [3.8, 4) is 5.69 Å². The largest absolute Gasteiger partial charge is 0.396 e. The number of aryl methyl sites for hydroxylation is 1. The fourth-order valence-corrected chi connectivity index (χ4v) is 3.02. The number of hydrogen-bond donors (Lipinski definition) is 2. The van der Waals surface area contributed by atoms with Crippen LogP contribution in [0.5, 0.6) is 0 Å². The second kappa shape index (κ2) is 7.28. The average Bonchev–Trinajstić information content (AvgIpc) is 2.81. The van der Waals surface area contributed by atoms with Crippen LogP contribution in [-0.4, -0.2) is 28.0 Å². The second-order valence-corrected chi connectivity index (χ2v) is 7.07. The highest BCUT2D eigenvalue weighted by Crippen LogP contribution is 2.26. The number of aromatic nitrogens is 2. The Kier molecular flexibility index (Phi) is 5.60. The number of nitrogens with one attached hydrogen (secondary N) is 1. The molecule has 126 valence electrons. The van der Waals surface area contributed by atoms with E-state index < -0.39 is 0 Å². The minimum Gasteiger partial charge on any atom is -0.396 e. The van der Waals surface area contributed by atoms with Crippen LogP contribution in [0.3, 0.4) is 0 Å². The van der Waals surface area contributed by atoms with Gasteiger partial charge >= 0.3 is 0 Å². The average molecular weight is 315 g/mol. The molecule has 1 atom stereocenters. The maximum atomic E-state index is 9.16. The van der Waals surface area contributed by atoms with Gasteiger partial charge in [-0.25, -0.2) is 4.68 Å². The van der Waals surface area contributed by atoms with Crippen molar-refractivity contribution < 1.29 is 5.11 Å². The fraction of sp³-hybridized carbons (Fsp3) is 0.526. The predicted octanol–water partition coefficient (Wildman–Crippen LogP) is 3.55. The molecular formula is C19H29N3O. The summed E-state index contributed by atoms with van der Waals surface area (Å²) in [6.07, 6.45) is 0.800. The summed E-state index contributed by atoms with van der Waals surface area (Å²) < 4.78 is 2.02. The van der Waals surface area contributed by atoms with Gasteiger partial charge in [-0.15, -0.1) is 0 Å². The number of para-hydroxylation sites is 1. The van der Waals surface area contributed by atoms with E-state index in [9.17, 15) is 0 Å². The van der Waals surface area contributed by atoms with Crippen molar-refractivity contribution in [3.05, 3.63) is 47.3 Å². The van der Waals surface area contributed by atoms with Crippen LogP contribution in [0.1, 0.15) is 50.2 Å². The van der Waals surface area contributed by atoms with E-state index >= 15 is 0 Å². The van der Waals surface area contributed by atoms with Crippen LogP contribution in [0.2, 0.25) is 0 Å². The molecule has 1 heterocycles. The zero-order valence-corrected chi connectivity index (χ0v) is 14.9. The Balaban J connectivity index is 2.18. The van der Waals surface area contributed by atoms with E-state index in [-0.39, 0.29) is 18.1 Å². The quantitative estimate of drug-likeness (QED) is 0.821. The van der Waals surface area contributed by atoms with E-state index in [4.69, 9.17) is 10.2 Å². The molecule has 0 spiro atoms. The fourth-order valence-electron chi connectivity index (χ4n) is 3.02. The maximum Gasteiger partial charge on any atom is 0.0648 e. The first-order chi connectivity index (χ1) is 10.9. The molecule has 2 rings (SSSR count). The van der Waals surface area contributed by atoms with Gasteiger partial charge in [0.05, 0.1) is 11.4 Å².